The Hall–Kier alpha value is -1.33. The van der Waals surface area contributed by atoms with E-state index in [1.54, 1.807) is 17.8 Å². The third kappa shape index (κ3) is 3.84. The zero-order valence-corrected chi connectivity index (χ0v) is 13.1. The summed E-state index contributed by atoms with van der Waals surface area (Å²) >= 11 is 5.01. The SMILES string of the molecule is COC(=O)c1ccc(CSc2cccc(Br)c2)cc1F. The van der Waals surface area contributed by atoms with E-state index in [1.165, 1.54) is 19.2 Å². The largest absolute Gasteiger partial charge is 0.465 e. The summed E-state index contributed by atoms with van der Waals surface area (Å²) < 4.78 is 19.3. The van der Waals surface area contributed by atoms with E-state index in [0.29, 0.717) is 5.75 Å². The summed E-state index contributed by atoms with van der Waals surface area (Å²) in [5.74, 6) is -0.577. The van der Waals surface area contributed by atoms with Gasteiger partial charge in [-0.15, -0.1) is 11.8 Å². The molecule has 2 rings (SSSR count). The van der Waals surface area contributed by atoms with Crippen LogP contribution in [0.2, 0.25) is 0 Å². The van der Waals surface area contributed by atoms with Gasteiger partial charge in [0.05, 0.1) is 12.7 Å². The number of carbonyl (C=O) groups is 1. The van der Waals surface area contributed by atoms with Gasteiger partial charge in [0.2, 0.25) is 0 Å². The number of methoxy groups -OCH3 is 1. The third-order valence-corrected chi connectivity index (χ3v) is 4.20. The Morgan fingerprint density at radius 2 is 2.10 bits per heavy atom. The number of hydrogen-bond donors (Lipinski definition) is 0. The monoisotopic (exact) mass is 354 g/mol. The minimum absolute atomic E-state index is 0.0382. The highest BCUT2D eigenvalue weighted by atomic mass is 79.9. The summed E-state index contributed by atoms with van der Waals surface area (Å²) in [4.78, 5) is 12.4. The van der Waals surface area contributed by atoms with Gasteiger partial charge in [0.15, 0.2) is 0 Å². The molecule has 0 aliphatic heterocycles. The summed E-state index contributed by atoms with van der Waals surface area (Å²) in [7, 11) is 1.23. The number of esters is 1. The number of benzene rings is 2. The maximum absolute atomic E-state index is 13.8. The standard InChI is InChI=1S/C15H12BrFO2S/c1-19-15(18)13-6-5-10(7-14(13)17)9-20-12-4-2-3-11(16)8-12/h2-8H,9H2,1H3. The molecule has 0 saturated heterocycles. The first-order chi connectivity index (χ1) is 9.60. The quantitative estimate of drug-likeness (QED) is 0.589. The van der Waals surface area contributed by atoms with E-state index in [0.717, 1.165) is 14.9 Å². The molecule has 0 radical (unpaired) electrons. The maximum Gasteiger partial charge on any atom is 0.340 e. The molecule has 0 aromatic heterocycles. The summed E-state index contributed by atoms with van der Waals surface area (Å²) in [6, 6.07) is 12.5. The maximum atomic E-state index is 13.8. The Bertz CT molecular complexity index is 631. The van der Waals surface area contributed by atoms with Crippen LogP contribution in [0.4, 0.5) is 4.39 Å². The minimum Gasteiger partial charge on any atom is -0.465 e. The molecule has 5 heteroatoms. The molecular weight excluding hydrogens is 343 g/mol. The van der Waals surface area contributed by atoms with Gasteiger partial charge in [0.25, 0.3) is 0 Å². The molecule has 2 aromatic carbocycles. The number of ether oxygens (including phenoxy) is 1. The van der Waals surface area contributed by atoms with E-state index in [-0.39, 0.29) is 5.56 Å². The van der Waals surface area contributed by atoms with Crippen molar-refractivity contribution in [3.8, 4) is 0 Å². The number of halogens is 2. The van der Waals surface area contributed by atoms with Crippen molar-refractivity contribution in [3.63, 3.8) is 0 Å². The van der Waals surface area contributed by atoms with Crippen molar-refractivity contribution in [1.29, 1.82) is 0 Å². The molecule has 0 aliphatic carbocycles. The number of thioether (sulfide) groups is 1. The van der Waals surface area contributed by atoms with Gasteiger partial charge < -0.3 is 4.74 Å². The summed E-state index contributed by atoms with van der Waals surface area (Å²) in [6.07, 6.45) is 0. The summed E-state index contributed by atoms with van der Waals surface area (Å²) in [5.41, 5.74) is 0.781. The smallest absolute Gasteiger partial charge is 0.340 e. The molecule has 0 atom stereocenters. The van der Waals surface area contributed by atoms with Crippen molar-refractivity contribution in [3.05, 3.63) is 63.9 Å². The fraction of sp³-hybridized carbons (Fsp3) is 0.133. The van der Waals surface area contributed by atoms with Crippen LogP contribution in [0, 0.1) is 5.82 Å². The van der Waals surface area contributed by atoms with Crippen LogP contribution >= 0.6 is 27.7 Å². The van der Waals surface area contributed by atoms with Crippen LogP contribution < -0.4 is 0 Å². The second kappa shape index (κ2) is 6.90. The average molecular weight is 355 g/mol. The first kappa shape index (κ1) is 15.1. The third-order valence-electron chi connectivity index (χ3n) is 2.64. The fourth-order valence-corrected chi connectivity index (χ4v) is 3.10. The summed E-state index contributed by atoms with van der Waals surface area (Å²) in [5, 5.41) is 0. The van der Waals surface area contributed by atoms with Crippen LogP contribution in [0.5, 0.6) is 0 Å². The van der Waals surface area contributed by atoms with Gasteiger partial charge in [-0.05, 0) is 35.9 Å². The molecule has 0 unspecified atom stereocenters. The molecule has 2 aromatic rings. The highest BCUT2D eigenvalue weighted by Gasteiger charge is 2.12. The molecule has 0 spiro atoms. The van der Waals surface area contributed by atoms with Gasteiger partial charge in [-0.2, -0.15) is 0 Å². The topological polar surface area (TPSA) is 26.3 Å². The highest BCUT2D eigenvalue weighted by molar-refractivity contribution is 9.10. The van der Waals surface area contributed by atoms with Crippen molar-refractivity contribution in [1.82, 2.24) is 0 Å². The van der Waals surface area contributed by atoms with Crippen molar-refractivity contribution in [2.45, 2.75) is 10.6 Å². The van der Waals surface area contributed by atoms with Crippen molar-refractivity contribution in [2.75, 3.05) is 7.11 Å². The molecule has 2 nitrogen and oxygen atoms in total. The molecule has 104 valence electrons. The lowest BCUT2D eigenvalue weighted by molar-refractivity contribution is 0.0595. The molecule has 0 aliphatic rings. The molecule has 0 heterocycles. The molecular formula is C15H12BrFO2S. The van der Waals surface area contributed by atoms with E-state index < -0.39 is 11.8 Å². The van der Waals surface area contributed by atoms with Gasteiger partial charge in [-0.3, -0.25) is 0 Å². The zero-order chi connectivity index (χ0) is 14.5. The Labute approximate surface area is 129 Å². The van der Waals surface area contributed by atoms with E-state index in [9.17, 15) is 9.18 Å². The molecule has 0 saturated carbocycles. The Morgan fingerprint density at radius 3 is 2.75 bits per heavy atom. The second-order valence-electron chi connectivity index (χ2n) is 4.05. The Kier molecular flexibility index (Phi) is 5.20. The van der Waals surface area contributed by atoms with E-state index in [1.807, 2.05) is 24.3 Å². The second-order valence-corrected chi connectivity index (χ2v) is 6.02. The molecule has 0 N–H and O–H groups in total. The minimum atomic E-state index is -0.659. The molecule has 20 heavy (non-hydrogen) atoms. The van der Waals surface area contributed by atoms with E-state index >= 15 is 0 Å². The summed E-state index contributed by atoms with van der Waals surface area (Å²) in [6.45, 7) is 0. The molecule has 0 fully saturated rings. The lowest BCUT2D eigenvalue weighted by Crippen LogP contribution is -2.04. The van der Waals surface area contributed by atoms with Gasteiger partial charge >= 0.3 is 5.97 Å². The number of carbonyl (C=O) groups excluding carboxylic acids is 1. The van der Waals surface area contributed by atoms with Gasteiger partial charge in [0, 0.05) is 15.1 Å². The zero-order valence-electron chi connectivity index (χ0n) is 10.7. The lowest BCUT2D eigenvalue weighted by atomic mass is 10.1. The number of hydrogen-bond acceptors (Lipinski definition) is 3. The van der Waals surface area contributed by atoms with Gasteiger partial charge in [0.1, 0.15) is 5.82 Å². The average Bonchev–Trinajstić information content (AvgIpc) is 2.44. The van der Waals surface area contributed by atoms with Crippen LogP contribution in [0.15, 0.2) is 51.8 Å². The van der Waals surface area contributed by atoms with Crippen molar-refractivity contribution < 1.29 is 13.9 Å². The van der Waals surface area contributed by atoms with Crippen LogP contribution in [-0.4, -0.2) is 13.1 Å². The predicted molar refractivity (Wildman–Crippen MR) is 81.4 cm³/mol. The van der Waals surface area contributed by atoms with Gasteiger partial charge in [-0.1, -0.05) is 28.1 Å². The first-order valence-corrected chi connectivity index (χ1v) is 7.63. The highest BCUT2D eigenvalue weighted by Crippen LogP contribution is 2.26. The first-order valence-electron chi connectivity index (χ1n) is 5.85. The van der Waals surface area contributed by atoms with Crippen LogP contribution in [0.3, 0.4) is 0 Å². The van der Waals surface area contributed by atoms with E-state index in [2.05, 4.69) is 20.7 Å². The Morgan fingerprint density at radius 1 is 1.30 bits per heavy atom. The Balaban J connectivity index is 2.07. The normalized spacial score (nSPS) is 10.3. The van der Waals surface area contributed by atoms with Crippen molar-refractivity contribution >= 4 is 33.7 Å². The van der Waals surface area contributed by atoms with Crippen LogP contribution in [-0.2, 0) is 10.5 Å². The van der Waals surface area contributed by atoms with Crippen LogP contribution in [0.25, 0.3) is 0 Å². The number of rotatable bonds is 4. The van der Waals surface area contributed by atoms with E-state index in [4.69, 9.17) is 0 Å². The van der Waals surface area contributed by atoms with Gasteiger partial charge in [-0.25, -0.2) is 9.18 Å². The molecule has 0 amide bonds. The van der Waals surface area contributed by atoms with Crippen molar-refractivity contribution in [2.24, 2.45) is 0 Å². The molecule has 0 bridgehead atoms. The lowest BCUT2D eigenvalue weighted by Gasteiger charge is -2.05. The van der Waals surface area contributed by atoms with Crippen LogP contribution in [0.1, 0.15) is 15.9 Å². The fourth-order valence-electron chi connectivity index (χ4n) is 1.65. The predicted octanol–water partition coefficient (Wildman–Crippen LogP) is 4.67.